The number of carboxylic acids is 1. The lowest BCUT2D eigenvalue weighted by Crippen LogP contribution is -2.56. The van der Waals surface area contributed by atoms with Crippen molar-refractivity contribution in [1.82, 2.24) is 0 Å². The van der Waals surface area contributed by atoms with Gasteiger partial charge in [-0.1, -0.05) is 122 Å². The molecule has 0 saturated heterocycles. The molecule has 7 nitrogen and oxygen atoms in total. The number of hydrogen-bond acceptors (Lipinski definition) is 6. The minimum atomic E-state index is -1.86. The lowest BCUT2D eigenvalue weighted by Gasteiger charge is -2.55. The largest absolute Gasteiger partial charge is 0.508 e. The first kappa shape index (κ1) is 41.2. The maximum absolute atomic E-state index is 13.9. The molecule has 0 aromatic heterocycles. The number of aromatic hydroxyl groups is 1. The number of aliphatic hydroxyl groups is 2. The van der Waals surface area contributed by atoms with E-state index in [-0.39, 0.29) is 41.3 Å². The van der Waals surface area contributed by atoms with E-state index in [1.54, 1.807) is 18.2 Å². The van der Waals surface area contributed by atoms with Crippen molar-refractivity contribution < 1.29 is 30.0 Å². The van der Waals surface area contributed by atoms with E-state index in [2.05, 4.69) is 66.8 Å². The Labute approximate surface area is 348 Å². The van der Waals surface area contributed by atoms with Gasteiger partial charge in [0.25, 0.3) is 0 Å². The van der Waals surface area contributed by atoms with Crippen LogP contribution in [0.5, 0.6) is 5.75 Å². The highest BCUT2D eigenvalue weighted by atomic mass is 16.5. The Balaban J connectivity index is 1.13. The number of hydrogen-bond donors (Lipinski definition) is 5. The highest BCUT2D eigenvalue weighted by Gasteiger charge is 2.58. The molecule has 10 unspecified atom stereocenters. The van der Waals surface area contributed by atoms with Crippen LogP contribution in [0.15, 0.2) is 96.6 Å². The summed E-state index contributed by atoms with van der Waals surface area (Å²) in [5, 5.41) is 46.4. The van der Waals surface area contributed by atoms with Gasteiger partial charge in [-0.3, -0.25) is 4.79 Å². The van der Waals surface area contributed by atoms with E-state index in [1.165, 1.54) is 10.8 Å². The third-order valence-corrected chi connectivity index (χ3v) is 15.0. The summed E-state index contributed by atoms with van der Waals surface area (Å²) in [4.78, 5) is 26.1. The molecule has 6 N–H and O–H groups in total. The Kier molecular flexibility index (Phi) is 12.5. The number of aliphatic carboxylic acids is 1. The number of phenolic OH excluding ortho intramolecular Hbond substituents is 1. The second kappa shape index (κ2) is 18.0. The number of benzene rings is 3. The standard InChI is InChI=1S/C52H61NO6/c53-24-23-33-13-16-40(25-33)41(32-54)10-3-1-2-7-35-11-6-12-46(50(56)57)49(51(58)59)52-31-43-29-39-9-5-4-8-38(39)28-42(43)30-44(52)20-17-37-15-14-34(27-48(37)52)26-47(35)36-18-21-45(55)22-19-36/h4-6,8-9,12,14-15,17-22,25,27-29,32,35,40-44,46-47,49-50,55-57H,1-3,7,10-11,13,16,23-24,26,30-31,53H2,(H,58,59). The lowest BCUT2D eigenvalue weighted by atomic mass is 9.47. The first-order valence-electron chi connectivity index (χ1n) is 22.2. The number of aliphatic hydroxyl groups excluding tert-OH is 1. The fourth-order valence-electron chi connectivity index (χ4n) is 12.0. The molecule has 10 atom stereocenters. The van der Waals surface area contributed by atoms with Crippen LogP contribution in [-0.2, 0) is 21.4 Å². The quantitative estimate of drug-likeness (QED) is 0.0521. The highest BCUT2D eigenvalue weighted by Crippen LogP contribution is 2.59. The molecule has 0 amide bonds. The molecule has 59 heavy (non-hydrogen) atoms. The minimum Gasteiger partial charge on any atom is -0.508 e. The second-order valence-electron chi connectivity index (χ2n) is 18.3. The van der Waals surface area contributed by atoms with E-state index >= 15 is 0 Å². The lowest BCUT2D eigenvalue weighted by molar-refractivity contribution is -0.159. The molecule has 2 bridgehead atoms. The van der Waals surface area contributed by atoms with Gasteiger partial charge in [0, 0.05) is 17.3 Å². The van der Waals surface area contributed by atoms with Gasteiger partial charge in [-0.15, -0.1) is 0 Å². The van der Waals surface area contributed by atoms with Crippen molar-refractivity contribution in [1.29, 1.82) is 0 Å². The third-order valence-electron chi connectivity index (χ3n) is 15.0. The highest BCUT2D eigenvalue weighted by molar-refractivity contribution is 5.76. The predicted octanol–water partition coefficient (Wildman–Crippen LogP) is 7.55. The zero-order valence-electron chi connectivity index (χ0n) is 34.1. The maximum atomic E-state index is 13.9. The molecule has 1 spiro atoms. The molecular weight excluding hydrogens is 735 g/mol. The van der Waals surface area contributed by atoms with Crippen LogP contribution >= 0.6 is 0 Å². The van der Waals surface area contributed by atoms with Gasteiger partial charge in [-0.05, 0) is 145 Å². The summed E-state index contributed by atoms with van der Waals surface area (Å²) >= 11 is 0. The Morgan fingerprint density at radius 3 is 2.44 bits per heavy atom. The van der Waals surface area contributed by atoms with Crippen LogP contribution < -0.4 is 16.2 Å². The van der Waals surface area contributed by atoms with Gasteiger partial charge in [0.05, 0.1) is 5.92 Å². The van der Waals surface area contributed by atoms with Crippen molar-refractivity contribution in [2.75, 3.05) is 6.54 Å². The Morgan fingerprint density at radius 2 is 1.71 bits per heavy atom. The fraction of sp³-hybridized carbons (Fsp3) is 0.462. The average molecular weight is 796 g/mol. The number of nitrogens with two attached hydrogens (primary N) is 1. The predicted molar refractivity (Wildman–Crippen MR) is 233 cm³/mol. The summed E-state index contributed by atoms with van der Waals surface area (Å²) in [6.07, 6.45) is 24.9. The number of aldehydes is 1. The Morgan fingerprint density at radius 1 is 0.932 bits per heavy atom. The van der Waals surface area contributed by atoms with Gasteiger partial charge in [0.2, 0.25) is 0 Å². The number of unbranched alkanes of at least 4 members (excludes halogenated alkanes) is 2. The summed E-state index contributed by atoms with van der Waals surface area (Å²) in [6, 6.07) is 22.6. The van der Waals surface area contributed by atoms with E-state index in [9.17, 15) is 30.0 Å². The van der Waals surface area contributed by atoms with Crippen molar-refractivity contribution in [2.45, 2.75) is 94.7 Å². The van der Waals surface area contributed by atoms with E-state index in [1.807, 2.05) is 24.3 Å². The third kappa shape index (κ3) is 8.44. The van der Waals surface area contributed by atoms with Gasteiger partial charge in [0.1, 0.15) is 12.0 Å². The molecule has 5 aliphatic rings. The van der Waals surface area contributed by atoms with E-state index in [0.29, 0.717) is 25.3 Å². The van der Waals surface area contributed by atoms with Crippen LogP contribution in [0, 0.1) is 47.3 Å². The molecule has 8 rings (SSSR count). The van der Waals surface area contributed by atoms with E-state index < -0.39 is 29.5 Å². The Bertz CT molecular complexity index is 2200. The van der Waals surface area contributed by atoms with Crippen LogP contribution in [-0.4, -0.2) is 45.5 Å². The SMILES string of the molecule is NCCC1=CC(C(C=O)CCCCCC2CC=CC(C(O)O)C(C(=O)O)C34CC5C=c6ccccc6=CC5CC3C=Cc3ccc(cc34)CC2c2ccc(O)cc2)CC1. The van der Waals surface area contributed by atoms with Gasteiger partial charge in [-0.2, -0.15) is 0 Å². The molecule has 0 aliphatic heterocycles. The first-order valence-corrected chi connectivity index (χ1v) is 22.2. The number of carbonyl (C=O) groups is 2. The summed E-state index contributed by atoms with van der Waals surface area (Å²) in [7, 11) is 0. The van der Waals surface area contributed by atoms with Gasteiger partial charge in [0.15, 0.2) is 6.29 Å². The number of rotatable bonds is 13. The molecule has 7 heteroatoms. The number of allylic oxidation sites excluding steroid dienone is 3. The monoisotopic (exact) mass is 795 g/mol. The van der Waals surface area contributed by atoms with Crippen LogP contribution in [0.3, 0.4) is 0 Å². The van der Waals surface area contributed by atoms with Crippen molar-refractivity contribution in [3.05, 3.63) is 129 Å². The number of carboxylic acid groups (broad SMARTS) is 1. The minimum absolute atomic E-state index is 0.0325. The summed E-state index contributed by atoms with van der Waals surface area (Å²) in [6.45, 7) is 0.646. The fourth-order valence-corrected chi connectivity index (χ4v) is 12.0. The van der Waals surface area contributed by atoms with Crippen molar-refractivity contribution in [3.8, 4) is 5.75 Å². The first-order chi connectivity index (χ1) is 28.7. The normalized spacial score (nSPS) is 30.0. The van der Waals surface area contributed by atoms with Crippen molar-refractivity contribution in [2.24, 2.45) is 53.1 Å². The molecule has 1 saturated carbocycles. The Hall–Kier alpha value is -4.56. The van der Waals surface area contributed by atoms with Crippen LogP contribution in [0.25, 0.3) is 18.2 Å². The molecule has 1 fully saturated rings. The zero-order valence-corrected chi connectivity index (χ0v) is 34.1. The zero-order chi connectivity index (χ0) is 41.1. The molecule has 3 aromatic carbocycles. The average Bonchev–Trinajstić information content (AvgIpc) is 3.69. The van der Waals surface area contributed by atoms with E-state index in [4.69, 9.17) is 5.73 Å². The summed E-state index contributed by atoms with van der Waals surface area (Å²) in [5.41, 5.74) is 10.6. The molecule has 3 aromatic rings. The van der Waals surface area contributed by atoms with Crippen LogP contribution in [0.1, 0.15) is 98.8 Å². The van der Waals surface area contributed by atoms with Gasteiger partial charge >= 0.3 is 5.97 Å². The number of phenols is 1. The second-order valence-corrected chi connectivity index (χ2v) is 18.3. The van der Waals surface area contributed by atoms with E-state index in [0.717, 1.165) is 98.0 Å². The summed E-state index contributed by atoms with van der Waals surface area (Å²) in [5.74, 6) is -2.07. The molecular formula is C52H61NO6. The number of carbonyl (C=O) groups excluding carboxylic acids is 1. The van der Waals surface area contributed by atoms with Gasteiger partial charge < -0.3 is 31.0 Å². The number of fused-ring (bicyclic) bond motifs is 3. The smallest absolute Gasteiger partial charge is 0.308 e. The van der Waals surface area contributed by atoms with Crippen LogP contribution in [0.2, 0.25) is 0 Å². The molecule has 0 heterocycles. The molecule has 310 valence electrons. The maximum Gasteiger partial charge on any atom is 0.308 e. The molecule has 5 aliphatic carbocycles. The topological polar surface area (TPSA) is 141 Å². The van der Waals surface area contributed by atoms with Crippen LogP contribution in [0.4, 0.5) is 0 Å². The summed E-state index contributed by atoms with van der Waals surface area (Å²) < 4.78 is 0. The van der Waals surface area contributed by atoms with Gasteiger partial charge in [-0.25, -0.2) is 0 Å². The van der Waals surface area contributed by atoms with Crippen molar-refractivity contribution in [3.63, 3.8) is 0 Å². The molecule has 0 radical (unpaired) electrons. The van der Waals surface area contributed by atoms with Crippen molar-refractivity contribution >= 4 is 30.5 Å².